The Morgan fingerprint density at radius 3 is 2.72 bits per heavy atom. The number of hydrogen-bond acceptors (Lipinski definition) is 2. The number of carbonyl (C=O) groups excluding carboxylic acids is 1. The molecule has 0 aromatic rings. The molecule has 1 aliphatic carbocycles. The Balaban J connectivity index is 1.91. The summed E-state index contributed by atoms with van der Waals surface area (Å²) in [6.45, 7) is 7.53. The summed E-state index contributed by atoms with van der Waals surface area (Å²) in [7, 11) is 0. The van der Waals surface area contributed by atoms with Crippen molar-refractivity contribution in [1.82, 2.24) is 4.90 Å². The van der Waals surface area contributed by atoms with Crippen LogP contribution in [0.1, 0.15) is 46.5 Å². The Bertz CT molecular complexity index is 326. The van der Waals surface area contributed by atoms with E-state index >= 15 is 0 Å². The maximum Gasteiger partial charge on any atom is 0.410 e. The minimum absolute atomic E-state index is 0.137. The predicted octanol–water partition coefficient (Wildman–Crippen LogP) is 3.81. The first-order valence-electron chi connectivity index (χ1n) is 6.87. The minimum atomic E-state index is -0.388. The summed E-state index contributed by atoms with van der Waals surface area (Å²) < 4.78 is 5.46. The molecule has 1 heterocycles. The molecule has 2 atom stereocenters. The standard InChI is InChI=1S/C14H24BrNO2/c1-13(2,3)18-12(17)16-7-6-14(10-16)5-4-11(8-14)9-15/h11H,4-10H2,1-3H3/t11-,14-/m0/s1. The van der Waals surface area contributed by atoms with Crippen LogP contribution in [-0.2, 0) is 4.74 Å². The number of alkyl halides is 1. The molecule has 2 rings (SSSR count). The first kappa shape index (κ1) is 14.2. The molecule has 0 radical (unpaired) electrons. The fraction of sp³-hybridized carbons (Fsp3) is 0.929. The Morgan fingerprint density at radius 1 is 1.44 bits per heavy atom. The molecule has 1 saturated heterocycles. The normalized spacial score (nSPS) is 32.2. The number of hydrogen-bond donors (Lipinski definition) is 0. The van der Waals surface area contributed by atoms with Gasteiger partial charge < -0.3 is 9.64 Å². The van der Waals surface area contributed by atoms with Crippen LogP contribution in [-0.4, -0.2) is 35.0 Å². The summed E-state index contributed by atoms with van der Waals surface area (Å²) in [4.78, 5) is 14.0. The maximum atomic E-state index is 12.0. The summed E-state index contributed by atoms with van der Waals surface area (Å²) in [6, 6.07) is 0. The van der Waals surface area contributed by atoms with Crippen LogP contribution in [0.5, 0.6) is 0 Å². The zero-order chi connectivity index (χ0) is 13.4. The molecule has 0 unspecified atom stereocenters. The van der Waals surface area contributed by atoms with Gasteiger partial charge in [0, 0.05) is 18.4 Å². The first-order valence-corrected chi connectivity index (χ1v) is 8.00. The van der Waals surface area contributed by atoms with Crippen molar-refractivity contribution in [2.75, 3.05) is 18.4 Å². The van der Waals surface area contributed by atoms with Gasteiger partial charge in [0.05, 0.1) is 0 Å². The Morgan fingerprint density at radius 2 is 2.17 bits per heavy atom. The molecule has 1 spiro atoms. The van der Waals surface area contributed by atoms with Gasteiger partial charge in [0.1, 0.15) is 5.60 Å². The van der Waals surface area contributed by atoms with Crippen LogP contribution in [0.25, 0.3) is 0 Å². The average molecular weight is 318 g/mol. The predicted molar refractivity (Wildman–Crippen MR) is 76.0 cm³/mol. The van der Waals surface area contributed by atoms with Gasteiger partial charge in [0.15, 0.2) is 0 Å². The van der Waals surface area contributed by atoms with E-state index in [9.17, 15) is 4.79 Å². The van der Waals surface area contributed by atoms with E-state index < -0.39 is 0 Å². The molecule has 1 amide bonds. The van der Waals surface area contributed by atoms with E-state index in [1.54, 1.807) is 0 Å². The zero-order valence-corrected chi connectivity index (χ0v) is 13.3. The molecule has 2 fully saturated rings. The Labute approximate surface area is 118 Å². The van der Waals surface area contributed by atoms with Crippen molar-refractivity contribution in [2.45, 2.75) is 52.1 Å². The maximum absolute atomic E-state index is 12.0. The van der Waals surface area contributed by atoms with Gasteiger partial charge in [-0.25, -0.2) is 4.79 Å². The smallest absolute Gasteiger partial charge is 0.410 e. The van der Waals surface area contributed by atoms with Gasteiger partial charge in [-0.05, 0) is 57.8 Å². The molecular formula is C14H24BrNO2. The molecular weight excluding hydrogens is 294 g/mol. The van der Waals surface area contributed by atoms with Crippen LogP contribution < -0.4 is 0 Å². The van der Waals surface area contributed by atoms with Crippen molar-refractivity contribution in [2.24, 2.45) is 11.3 Å². The van der Waals surface area contributed by atoms with Crippen molar-refractivity contribution in [3.05, 3.63) is 0 Å². The van der Waals surface area contributed by atoms with Crippen LogP contribution in [0.4, 0.5) is 4.79 Å². The highest BCUT2D eigenvalue weighted by Gasteiger charge is 2.45. The highest BCUT2D eigenvalue weighted by atomic mass is 79.9. The second-order valence-corrected chi connectivity index (χ2v) is 7.56. The van der Waals surface area contributed by atoms with Gasteiger partial charge in [-0.1, -0.05) is 15.9 Å². The van der Waals surface area contributed by atoms with Crippen LogP contribution in [0.15, 0.2) is 0 Å². The third-order valence-electron chi connectivity index (χ3n) is 4.11. The average Bonchev–Trinajstić information content (AvgIpc) is 2.84. The van der Waals surface area contributed by atoms with Gasteiger partial charge in [-0.2, -0.15) is 0 Å². The third-order valence-corrected chi connectivity index (χ3v) is 5.03. The summed E-state index contributed by atoms with van der Waals surface area (Å²) in [5.41, 5.74) is -0.00372. The number of halogens is 1. The molecule has 3 nitrogen and oxygen atoms in total. The van der Waals surface area contributed by atoms with Crippen LogP contribution in [0.3, 0.4) is 0 Å². The van der Waals surface area contributed by atoms with E-state index in [2.05, 4.69) is 15.9 Å². The van der Waals surface area contributed by atoms with Gasteiger partial charge in [0.2, 0.25) is 0 Å². The molecule has 1 aliphatic heterocycles. The lowest BCUT2D eigenvalue weighted by Gasteiger charge is -2.27. The third kappa shape index (κ3) is 3.19. The van der Waals surface area contributed by atoms with Gasteiger partial charge in [-0.15, -0.1) is 0 Å². The molecule has 0 aromatic heterocycles. The van der Waals surface area contributed by atoms with Crippen LogP contribution in [0.2, 0.25) is 0 Å². The summed E-state index contributed by atoms with van der Waals surface area (Å²) in [5.74, 6) is 0.795. The number of carbonyl (C=O) groups is 1. The highest BCUT2D eigenvalue weighted by molar-refractivity contribution is 9.09. The molecule has 2 aliphatic rings. The van der Waals surface area contributed by atoms with E-state index in [4.69, 9.17) is 4.74 Å². The van der Waals surface area contributed by atoms with Crippen molar-refractivity contribution in [3.8, 4) is 0 Å². The van der Waals surface area contributed by atoms with Crippen molar-refractivity contribution >= 4 is 22.0 Å². The fourth-order valence-corrected chi connectivity index (χ4v) is 3.80. The lowest BCUT2D eigenvalue weighted by molar-refractivity contribution is 0.0273. The fourth-order valence-electron chi connectivity index (χ4n) is 3.25. The number of nitrogens with zero attached hydrogens (tertiary/aromatic N) is 1. The summed E-state index contributed by atoms with van der Waals surface area (Å²) in [5, 5.41) is 1.10. The largest absolute Gasteiger partial charge is 0.444 e. The second-order valence-electron chi connectivity index (χ2n) is 6.92. The topological polar surface area (TPSA) is 29.5 Å². The number of likely N-dealkylation sites (tertiary alicyclic amines) is 1. The van der Waals surface area contributed by atoms with E-state index in [1.807, 2.05) is 25.7 Å². The number of amides is 1. The van der Waals surface area contributed by atoms with Crippen LogP contribution >= 0.6 is 15.9 Å². The van der Waals surface area contributed by atoms with Crippen LogP contribution in [0, 0.1) is 11.3 Å². The zero-order valence-electron chi connectivity index (χ0n) is 11.7. The molecule has 1 saturated carbocycles. The molecule has 4 heteroatoms. The SMILES string of the molecule is CC(C)(C)OC(=O)N1CC[C@]2(CC[C@H](CBr)C2)C1. The highest BCUT2D eigenvalue weighted by Crippen LogP contribution is 2.48. The van der Waals surface area contributed by atoms with Gasteiger partial charge in [0.25, 0.3) is 0 Å². The number of rotatable bonds is 1. The van der Waals surface area contributed by atoms with Gasteiger partial charge in [-0.3, -0.25) is 0 Å². The molecule has 0 N–H and O–H groups in total. The molecule has 104 valence electrons. The lowest BCUT2D eigenvalue weighted by Crippen LogP contribution is -2.36. The molecule has 0 aromatic carbocycles. The van der Waals surface area contributed by atoms with E-state index in [0.717, 1.165) is 30.8 Å². The van der Waals surface area contributed by atoms with Crippen molar-refractivity contribution in [3.63, 3.8) is 0 Å². The van der Waals surface area contributed by atoms with E-state index in [-0.39, 0.29) is 11.7 Å². The lowest BCUT2D eigenvalue weighted by atomic mass is 9.85. The Kier molecular flexibility index (Phi) is 3.96. The summed E-state index contributed by atoms with van der Waals surface area (Å²) >= 11 is 3.59. The first-order chi connectivity index (χ1) is 8.34. The van der Waals surface area contributed by atoms with E-state index in [1.165, 1.54) is 19.3 Å². The number of ether oxygens (including phenoxy) is 1. The van der Waals surface area contributed by atoms with Crippen molar-refractivity contribution < 1.29 is 9.53 Å². The monoisotopic (exact) mass is 317 g/mol. The Hall–Kier alpha value is -0.250. The molecule has 0 bridgehead atoms. The van der Waals surface area contributed by atoms with E-state index in [0.29, 0.717) is 5.41 Å². The summed E-state index contributed by atoms with van der Waals surface area (Å²) in [6.07, 6.45) is 4.84. The second kappa shape index (κ2) is 5.03. The molecule has 18 heavy (non-hydrogen) atoms. The quantitative estimate of drug-likeness (QED) is 0.688. The minimum Gasteiger partial charge on any atom is -0.444 e. The van der Waals surface area contributed by atoms with Crippen molar-refractivity contribution in [1.29, 1.82) is 0 Å². The van der Waals surface area contributed by atoms with Gasteiger partial charge >= 0.3 is 6.09 Å².